The van der Waals surface area contributed by atoms with E-state index >= 15 is 0 Å². The van der Waals surface area contributed by atoms with Gasteiger partial charge in [-0.25, -0.2) is 19.6 Å². The third-order valence-corrected chi connectivity index (χ3v) is 3.18. The number of rotatable bonds is 5. The van der Waals surface area contributed by atoms with Crippen molar-refractivity contribution >= 4 is 5.69 Å². The molecule has 0 aromatic carbocycles. The second-order valence-electron chi connectivity index (χ2n) is 4.98. The standard InChI is InChI=1S/C14H17N7/c1-11(2)20-9-15-6-13(20)7-17-12-3-4-14(18-5-12)21-10-16-8-19-21/h3-6,8-11,17H,7H2,1-2H3. The summed E-state index contributed by atoms with van der Waals surface area (Å²) in [6.07, 6.45) is 8.63. The van der Waals surface area contributed by atoms with E-state index in [0.29, 0.717) is 12.6 Å². The zero-order chi connectivity index (χ0) is 14.7. The predicted octanol–water partition coefficient (Wildman–Crippen LogP) is 2.05. The molecule has 0 saturated carbocycles. The van der Waals surface area contributed by atoms with Gasteiger partial charge in [0, 0.05) is 12.2 Å². The van der Waals surface area contributed by atoms with Crippen molar-refractivity contribution in [2.24, 2.45) is 0 Å². The van der Waals surface area contributed by atoms with Gasteiger partial charge >= 0.3 is 0 Å². The minimum absolute atomic E-state index is 0.400. The fourth-order valence-corrected chi connectivity index (χ4v) is 2.08. The molecular formula is C14H17N7. The average molecular weight is 283 g/mol. The fraction of sp³-hybridized carbons (Fsp3) is 0.286. The molecule has 3 aromatic heterocycles. The Labute approximate surface area is 122 Å². The molecule has 3 aromatic rings. The molecule has 21 heavy (non-hydrogen) atoms. The first-order valence-electron chi connectivity index (χ1n) is 6.79. The summed E-state index contributed by atoms with van der Waals surface area (Å²) >= 11 is 0. The van der Waals surface area contributed by atoms with Crippen molar-refractivity contribution in [2.45, 2.75) is 26.4 Å². The number of hydrogen-bond acceptors (Lipinski definition) is 5. The summed E-state index contributed by atoms with van der Waals surface area (Å²) in [7, 11) is 0. The topological polar surface area (TPSA) is 73.5 Å². The maximum atomic E-state index is 4.35. The number of aromatic nitrogens is 6. The van der Waals surface area contributed by atoms with Crippen LogP contribution in [0, 0.1) is 0 Å². The summed E-state index contributed by atoms with van der Waals surface area (Å²) < 4.78 is 3.77. The molecule has 0 bridgehead atoms. The van der Waals surface area contributed by atoms with Gasteiger partial charge in [-0.05, 0) is 26.0 Å². The lowest BCUT2D eigenvalue weighted by Crippen LogP contribution is -2.09. The highest BCUT2D eigenvalue weighted by atomic mass is 15.3. The lowest BCUT2D eigenvalue weighted by Gasteiger charge is -2.12. The zero-order valence-electron chi connectivity index (χ0n) is 12.0. The molecule has 3 heterocycles. The van der Waals surface area contributed by atoms with Crippen molar-refractivity contribution in [3.05, 3.63) is 49.2 Å². The smallest absolute Gasteiger partial charge is 0.155 e. The number of hydrogen-bond donors (Lipinski definition) is 1. The van der Waals surface area contributed by atoms with Gasteiger partial charge in [0.25, 0.3) is 0 Å². The summed E-state index contributed by atoms with van der Waals surface area (Å²) in [5.41, 5.74) is 2.10. The highest BCUT2D eigenvalue weighted by molar-refractivity contribution is 5.43. The molecule has 1 N–H and O–H groups in total. The van der Waals surface area contributed by atoms with Crippen LogP contribution >= 0.6 is 0 Å². The van der Waals surface area contributed by atoms with Crippen molar-refractivity contribution in [3.8, 4) is 5.82 Å². The van der Waals surface area contributed by atoms with Crippen molar-refractivity contribution in [1.82, 2.24) is 29.3 Å². The molecule has 0 saturated heterocycles. The van der Waals surface area contributed by atoms with Crippen LogP contribution < -0.4 is 5.32 Å². The third-order valence-electron chi connectivity index (χ3n) is 3.18. The fourth-order valence-electron chi connectivity index (χ4n) is 2.08. The normalized spacial score (nSPS) is 11.0. The van der Waals surface area contributed by atoms with E-state index in [9.17, 15) is 0 Å². The van der Waals surface area contributed by atoms with Gasteiger partial charge in [0.1, 0.15) is 12.7 Å². The number of pyridine rings is 1. The van der Waals surface area contributed by atoms with Crippen molar-refractivity contribution in [2.75, 3.05) is 5.32 Å². The van der Waals surface area contributed by atoms with Gasteiger partial charge in [-0.1, -0.05) is 0 Å². The molecular weight excluding hydrogens is 266 g/mol. The number of anilines is 1. The van der Waals surface area contributed by atoms with Crippen LogP contribution in [0.25, 0.3) is 5.82 Å². The van der Waals surface area contributed by atoms with Gasteiger partial charge in [-0.15, -0.1) is 0 Å². The highest BCUT2D eigenvalue weighted by Crippen LogP contribution is 2.13. The summed E-state index contributed by atoms with van der Waals surface area (Å²) in [4.78, 5) is 12.5. The predicted molar refractivity (Wildman–Crippen MR) is 79.1 cm³/mol. The minimum Gasteiger partial charge on any atom is -0.378 e. The average Bonchev–Trinajstić information content (AvgIpc) is 3.17. The number of imidazole rings is 1. The van der Waals surface area contributed by atoms with Gasteiger partial charge in [0.15, 0.2) is 5.82 Å². The molecule has 0 aliphatic rings. The zero-order valence-corrected chi connectivity index (χ0v) is 12.0. The summed E-state index contributed by atoms with van der Waals surface area (Å²) in [6, 6.07) is 4.27. The summed E-state index contributed by atoms with van der Waals surface area (Å²) in [6.45, 7) is 4.99. The molecule has 0 radical (unpaired) electrons. The first kappa shape index (κ1) is 13.3. The second-order valence-corrected chi connectivity index (χ2v) is 4.98. The van der Waals surface area contributed by atoms with Gasteiger partial charge in [0.2, 0.25) is 0 Å². The first-order chi connectivity index (χ1) is 10.2. The Bertz CT molecular complexity index is 682. The SMILES string of the molecule is CC(C)n1cncc1CNc1ccc(-n2cncn2)nc1. The van der Waals surface area contributed by atoms with E-state index in [1.165, 1.54) is 6.33 Å². The molecule has 0 spiro atoms. The molecule has 3 rings (SSSR count). The first-order valence-corrected chi connectivity index (χ1v) is 6.79. The summed E-state index contributed by atoms with van der Waals surface area (Å²) in [5, 5.41) is 7.39. The Morgan fingerprint density at radius 1 is 1.14 bits per heavy atom. The Balaban J connectivity index is 1.67. The van der Waals surface area contributed by atoms with Crippen LogP contribution in [0.4, 0.5) is 5.69 Å². The van der Waals surface area contributed by atoms with Crippen LogP contribution in [0.3, 0.4) is 0 Å². The lowest BCUT2D eigenvalue weighted by atomic mass is 10.3. The maximum absolute atomic E-state index is 4.35. The van der Waals surface area contributed by atoms with Gasteiger partial charge in [0.05, 0.1) is 30.5 Å². The van der Waals surface area contributed by atoms with E-state index in [4.69, 9.17) is 0 Å². The van der Waals surface area contributed by atoms with Crippen LogP contribution in [0.2, 0.25) is 0 Å². The van der Waals surface area contributed by atoms with Crippen LogP contribution in [0.5, 0.6) is 0 Å². The minimum atomic E-state index is 0.400. The van der Waals surface area contributed by atoms with E-state index < -0.39 is 0 Å². The van der Waals surface area contributed by atoms with Gasteiger partial charge < -0.3 is 9.88 Å². The highest BCUT2D eigenvalue weighted by Gasteiger charge is 2.05. The quantitative estimate of drug-likeness (QED) is 0.775. The van der Waals surface area contributed by atoms with E-state index in [1.54, 1.807) is 17.2 Å². The number of nitrogens with one attached hydrogen (secondary N) is 1. The van der Waals surface area contributed by atoms with Crippen LogP contribution in [-0.4, -0.2) is 29.3 Å². The van der Waals surface area contributed by atoms with E-state index in [2.05, 4.69) is 43.8 Å². The van der Waals surface area contributed by atoms with Gasteiger partial charge in [-0.2, -0.15) is 5.10 Å². The van der Waals surface area contributed by atoms with E-state index in [1.807, 2.05) is 24.7 Å². The Morgan fingerprint density at radius 2 is 2.05 bits per heavy atom. The summed E-state index contributed by atoms with van der Waals surface area (Å²) in [5.74, 6) is 0.741. The van der Waals surface area contributed by atoms with E-state index in [-0.39, 0.29) is 0 Å². The maximum Gasteiger partial charge on any atom is 0.155 e. The molecule has 0 aliphatic heterocycles. The largest absolute Gasteiger partial charge is 0.378 e. The third kappa shape index (κ3) is 2.91. The Hall–Kier alpha value is -2.70. The van der Waals surface area contributed by atoms with Gasteiger partial charge in [-0.3, -0.25) is 0 Å². The van der Waals surface area contributed by atoms with Crippen molar-refractivity contribution in [3.63, 3.8) is 0 Å². The Kier molecular flexibility index (Phi) is 3.63. The molecule has 7 nitrogen and oxygen atoms in total. The van der Waals surface area contributed by atoms with E-state index in [0.717, 1.165) is 17.2 Å². The molecule has 0 unspecified atom stereocenters. The lowest BCUT2D eigenvalue weighted by molar-refractivity contribution is 0.577. The molecule has 0 aliphatic carbocycles. The monoisotopic (exact) mass is 283 g/mol. The second kappa shape index (κ2) is 5.74. The van der Waals surface area contributed by atoms with Crippen molar-refractivity contribution in [1.29, 1.82) is 0 Å². The van der Waals surface area contributed by atoms with Crippen LogP contribution in [0.1, 0.15) is 25.6 Å². The number of nitrogens with zero attached hydrogens (tertiary/aromatic N) is 6. The van der Waals surface area contributed by atoms with Crippen molar-refractivity contribution < 1.29 is 0 Å². The molecule has 108 valence electrons. The Morgan fingerprint density at radius 3 is 2.71 bits per heavy atom. The molecule has 0 fully saturated rings. The molecule has 0 amide bonds. The molecule has 0 atom stereocenters. The van der Waals surface area contributed by atoms with Crippen LogP contribution in [-0.2, 0) is 6.54 Å². The molecule has 7 heteroatoms. The van der Waals surface area contributed by atoms with Crippen LogP contribution in [0.15, 0.2) is 43.5 Å².